The van der Waals surface area contributed by atoms with Crippen LogP contribution in [-0.4, -0.2) is 18.0 Å². The molecule has 0 aliphatic carbocycles. The zero-order valence-electron chi connectivity index (χ0n) is 9.62. The van der Waals surface area contributed by atoms with Crippen LogP contribution in [0.2, 0.25) is 19.6 Å². The van der Waals surface area contributed by atoms with Gasteiger partial charge in [-0.05, 0) is 12.1 Å². The zero-order chi connectivity index (χ0) is 11.5. The Hall–Kier alpha value is -0.673. The highest BCUT2D eigenvalue weighted by molar-refractivity contribution is 7.85. The van der Waals surface area contributed by atoms with Gasteiger partial charge < -0.3 is 0 Å². The van der Waals surface area contributed by atoms with E-state index in [0.29, 0.717) is 5.75 Å². The predicted molar refractivity (Wildman–Crippen MR) is 70.2 cm³/mol. The van der Waals surface area contributed by atoms with E-state index in [1.165, 1.54) is 5.20 Å². The lowest BCUT2D eigenvalue weighted by Crippen LogP contribution is -2.26. The molecule has 0 radical (unpaired) electrons. The van der Waals surface area contributed by atoms with Crippen LogP contribution >= 0.6 is 0 Å². The van der Waals surface area contributed by atoms with Gasteiger partial charge in [0.2, 0.25) is 0 Å². The minimum atomic E-state index is -1.34. The van der Waals surface area contributed by atoms with E-state index in [1.807, 2.05) is 30.3 Å². The van der Waals surface area contributed by atoms with E-state index >= 15 is 0 Å². The average molecular weight is 238 g/mol. The summed E-state index contributed by atoms with van der Waals surface area (Å²) in [5, 5.41) is 1.17. The molecule has 1 aromatic carbocycles. The summed E-state index contributed by atoms with van der Waals surface area (Å²) in [6, 6.07) is 9.60. The first kappa shape index (κ1) is 12.4. The quantitative estimate of drug-likeness (QED) is 0.736. The van der Waals surface area contributed by atoms with Crippen LogP contribution < -0.4 is 0 Å². The molecule has 0 bridgehead atoms. The summed E-state index contributed by atoms with van der Waals surface area (Å²) >= 11 is 0. The first-order chi connectivity index (χ1) is 6.91. The molecule has 1 nitrogen and oxygen atoms in total. The first-order valence-electron chi connectivity index (χ1n) is 5.03. The summed E-state index contributed by atoms with van der Waals surface area (Å²) in [4.78, 5) is 0.900. The van der Waals surface area contributed by atoms with Crippen molar-refractivity contribution in [1.82, 2.24) is 0 Å². The second-order valence-corrected chi connectivity index (χ2v) is 11.3. The largest absolute Gasteiger partial charge is 0.254 e. The van der Waals surface area contributed by atoms with E-state index in [-0.39, 0.29) is 0 Å². The van der Waals surface area contributed by atoms with Gasteiger partial charge in [0.15, 0.2) is 0 Å². The highest BCUT2D eigenvalue weighted by atomic mass is 32.2. The third-order valence-corrected chi connectivity index (χ3v) is 6.34. The van der Waals surface area contributed by atoms with Crippen molar-refractivity contribution in [3.63, 3.8) is 0 Å². The number of rotatable bonds is 4. The lowest BCUT2D eigenvalue weighted by molar-refractivity contribution is 0.685. The van der Waals surface area contributed by atoms with Crippen LogP contribution in [0.5, 0.6) is 0 Å². The second-order valence-electron chi connectivity index (χ2n) is 4.66. The Morgan fingerprint density at radius 1 is 1.27 bits per heavy atom. The van der Waals surface area contributed by atoms with Crippen molar-refractivity contribution in [3.05, 3.63) is 42.1 Å². The number of benzene rings is 1. The van der Waals surface area contributed by atoms with Gasteiger partial charge in [0.25, 0.3) is 0 Å². The van der Waals surface area contributed by atoms with Gasteiger partial charge in [-0.2, -0.15) is 0 Å². The third-order valence-electron chi connectivity index (χ3n) is 2.37. The van der Waals surface area contributed by atoms with Crippen LogP contribution in [0.3, 0.4) is 0 Å². The van der Waals surface area contributed by atoms with E-state index in [0.717, 1.165) is 4.90 Å². The molecule has 15 heavy (non-hydrogen) atoms. The molecule has 0 fully saturated rings. The van der Waals surface area contributed by atoms with Crippen LogP contribution in [0.4, 0.5) is 0 Å². The fourth-order valence-electron chi connectivity index (χ4n) is 1.03. The van der Waals surface area contributed by atoms with Crippen molar-refractivity contribution in [1.29, 1.82) is 0 Å². The second kappa shape index (κ2) is 4.90. The lowest BCUT2D eigenvalue weighted by atomic mass is 10.4. The normalized spacial score (nSPS) is 13.5. The number of hydrogen-bond donors (Lipinski definition) is 0. The van der Waals surface area contributed by atoms with Crippen LogP contribution in [0.15, 0.2) is 47.0 Å². The minimum Gasteiger partial charge on any atom is -0.254 e. The molecule has 1 atom stereocenters. The summed E-state index contributed by atoms with van der Waals surface area (Å²) in [7, 11) is -2.27. The standard InChI is InChI=1S/C12H18OSSi/c1-11(15(2,3)4)10-14(13)12-8-6-5-7-9-12/h5-9H,1,10H2,2-4H3. The molecule has 0 N–H and O–H groups in total. The Kier molecular flexibility index (Phi) is 4.05. The molecule has 82 valence electrons. The predicted octanol–water partition coefficient (Wildman–Crippen LogP) is 3.23. The Labute approximate surface area is 95.7 Å². The fraction of sp³-hybridized carbons (Fsp3) is 0.333. The van der Waals surface area contributed by atoms with E-state index in [2.05, 4.69) is 26.2 Å². The smallest absolute Gasteiger partial charge is 0.0728 e. The monoisotopic (exact) mass is 238 g/mol. The molecule has 0 saturated heterocycles. The van der Waals surface area contributed by atoms with Crippen LogP contribution in [0.1, 0.15) is 0 Å². The Morgan fingerprint density at radius 2 is 1.80 bits per heavy atom. The molecule has 1 unspecified atom stereocenters. The van der Waals surface area contributed by atoms with Gasteiger partial charge in [-0.25, -0.2) is 0 Å². The molecule has 0 aliphatic rings. The maximum absolute atomic E-state index is 12.0. The van der Waals surface area contributed by atoms with Crippen molar-refractivity contribution in [3.8, 4) is 0 Å². The van der Waals surface area contributed by atoms with E-state index in [1.54, 1.807) is 0 Å². The van der Waals surface area contributed by atoms with Gasteiger partial charge in [-0.3, -0.25) is 4.21 Å². The number of hydrogen-bond acceptors (Lipinski definition) is 1. The highest BCUT2D eigenvalue weighted by Crippen LogP contribution is 2.16. The molecular weight excluding hydrogens is 220 g/mol. The highest BCUT2D eigenvalue weighted by Gasteiger charge is 2.19. The molecule has 0 saturated carbocycles. The SMILES string of the molecule is C=C(CS(=O)c1ccccc1)[Si](C)(C)C. The van der Waals surface area contributed by atoms with E-state index < -0.39 is 18.9 Å². The molecule has 0 aromatic heterocycles. The van der Waals surface area contributed by atoms with Gasteiger partial charge in [0.1, 0.15) is 0 Å². The van der Waals surface area contributed by atoms with Gasteiger partial charge in [0.05, 0.1) is 18.9 Å². The van der Waals surface area contributed by atoms with Crippen molar-refractivity contribution < 1.29 is 4.21 Å². The van der Waals surface area contributed by atoms with Crippen molar-refractivity contribution in [2.45, 2.75) is 24.5 Å². The van der Waals surface area contributed by atoms with Crippen molar-refractivity contribution >= 4 is 18.9 Å². The summed E-state index contributed by atoms with van der Waals surface area (Å²) < 4.78 is 12.0. The Bertz CT molecular complexity index is 365. The van der Waals surface area contributed by atoms with Gasteiger partial charge >= 0.3 is 0 Å². The Morgan fingerprint density at radius 3 is 2.27 bits per heavy atom. The van der Waals surface area contributed by atoms with Gasteiger partial charge in [-0.1, -0.05) is 43.0 Å². The van der Waals surface area contributed by atoms with E-state index in [9.17, 15) is 4.21 Å². The molecule has 1 aromatic rings. The molecule has 0 spiro atoms. The van der Waals surface area contributed by atoms with E-state index in [4.69, 9.17) is 0 Å². The minimum absolute atomic E-state index is 0.611. The van der Waals surface area contributed by atoms with Crippen LogP contribution in [0.25, 0.3) is 0 Å². The van der Waals surface area contributed by atoms with Crippen LogP contribution in [-0.2, 0) is 10.8 Å². The zero-order valence-corrected chi connectivity index (χ0v) is 11.4. The topological polar surface area (TPSA) is 17.1 Å². The van der Waals surface area contributed by atoms with Crippen molar-refractivity contribution in [2.75, 3.05) is 5.75 Å². The molecular formula is C12H18OSSi. The molecule has 3 heteroatoms. The Balaban J connectivity index is 2.70. The molecule has 1 rings (SSSR count). The molecule has 0 heterocycles. The lowest BCUT2D eigenvalue weighted by Gasteiger charge is -2.19. The summed E-state index contributed by atoms with van der Waals surface area (Å²) in [6.07, 6.45) is 0. The van der Waals surface area contributed by atoms with Crippen LogP contribution in [0, 0.1) is 0 Å². The summed E-state index contributed by atoms with van der Waals surface area (Å²) in [5.41, 5.74) is 0. The summed E-state index contributed by atoms with van der Waals surface area (Å²) in [6.45, 7) is 10.8. The molecule has 0 amide bonds. The van der Waals surface area contributed by atoms with Crippen molar-refractivity contribution in [2.24, 2.45) is 0 Å². The van der Waals surface area contributed by atoms with Gasteiger partial charge in [0, 0.05) is 10.6 Å². The van der Waals surface area contributed by atoms with Gasteiger partial charge in [-0.15, -0.1) is 6.58 Å². The molecule has 0 aliphatic heterocycles. The first-order valence-corrected chi connectivity index (χ1v) is 9.85. The third kappa shape index (κ3) is 3.76. The maximum atomic E-state index is 12.0. The summed E-state index contributed by atoms with van der Waals surface area (Å²) in [5.74, 6) is 0.611. The average Bonchev–Trinajstić information content (AvgIpc) is 2.17. The fourth-order valence-corrected chi connectivity index (χ4v) is 4.10. The maximum Gasteiger partial charge on any atom is 0.0728 e.